The van der Waals surface area contributed by atoms with Crippen molar-refractivity contribution < 1.29 is 18.4 Å². The molecule has 1 fully saturated rings. The van der Waals surface area contributed by atoms with Crippen molar-refractivity contribution in [2.24, 2.45) is 16.8 Å². The van der Waals surface area contributed by atoms with Gasteiger partial charge in [-0.2, -0.15) is 0 Å². The number of hydrogen-bond donors (Lipinski definition) is 2. The average Bonchev–Trinajstić information content (AvgIpc) is 2.85. The largest absolute Gasteiger partial charge is 0.409 e. The number of benzene rings is 1. The van der Waals surface area contributed by atoms with Gasteiger partial charge in [0.25, 0.3) is 0 Å². The van der Waals surface area contributed by atoms with E-state index < -0.39 is 15.8 Å². The molecule has 1 aromatic rings. The molecule has 1 amide bonds. The Labute approximate surface area is 123 Å². The van der Waals surface area contributed by atoms with Crippen LogP contribution in [-0.2, 0) is 14.6 Å². The topological polar surface area (TPSA) is 113 Å². The Balaban J connectivity index is 2.13. The summed E-state index contributed by atoms with van der Waals surface area (Å²) in [5, 5.41) is 11.5. The lowest BCUT2D eigenvalue weighted by Gasteiger charge is -2.20. The van der Waals surface area contributed by atoms with Crippen LogP contribution in [0.2, 0.25) is 0 Å². The van der Waals surface area contributed by atoms with Crippen LogP contribution in [0.3, 0.4) is 0 Å². The van der Waals surface area contributed by atoms with Crippen LogP contribution >= 0.6 is 0 Å². The molecule has 3 N–H and O–H groups in total. The number of carbonyl (C=O) groups excluding carboxylic acids is 1. The van der Waals surface area contributed by atoms with Gasteiger partial charge in [-0.3, -0.25) is 4.79 Å². The minimum absolute atomic E-state index is 0.0163. The zero-order valence-electron chi connectivity index (χ0n) is 11.6. The third-order valence-electron chi connectivity index (χ3n) is 3.57. The van der Waals surface area contributed by atoms with Crippen molar-refractivity contribution in [2.45, 2.75) is 6.42 Å². The molecule has 1 heterocycles. The molecule has 7 nitrogen and oxygen atoms in total. The smallest absolute Gasteiger partial charge is 0.230 e. The van der Waals surface area contributed by atoms with E-state index in [0.29, 0.717) is 17.7 Å². The third-order valence-corrected chi connectivity index (χ3v) is 5.34. The zero-order valence-corrected chi connectivity index (χ0v) is 12.4. The maximum Gasteiger partial charge on any atom is 0.230 e. The maximum atomic E-state index is 12.3. The van der Waals surface area contributed by atoms with Crippen molar-refractivity contribution in [2.75, 3.05) is 23.5 Å². The van der Waals surface area contributed by atoms with Crippen LogP contribution in [0.4, 0.5) is 5.69 Å². The summed E-state index contributed by atoms with van der Waals surface area (Å²) in [6.07, 6.45) is 0.369. The standard InChI is InChI=1S/C13H17N3O4S/c1-16(13(17)10-6-7-21(19,20)8-10)11-4-2-9(3-5-11)12(14)15-18/h2-5,10,18H,6-8H2,1H3,(H2,14,15). The molecule has 114 valence electrons. The third kappa shape index (κ3) is 3.33. The number of carbonyl (C=O) groups is 1. The van der Waals surface area contributed by atoms with Gasteiger partial charge in [0.2, 0.25) is 5.91 Å². The number of anilines is 1. The minimum atomic E-state index is -3.09. The Kier molecular flexibility index (Phi) is 4.17. The first-order valence-electron chi connectivity index (χ1n) is 6.40. The van der Waals surface area contributed by atoms with E-state index in [1.54, 1.807) is 31.3 Å². The monoisotopic (exact) mass is 311 g/mol. The number of nitrogens with zero attached hydrogens (tertiary/aromatic N) is 2. The van der Waals surface area contributed by atoms with Gasteiger partial charge in [0.15, 0.2) is 15.7 Å². The lowest BCUT2D eigenvalue weighted by Crippen LogP contribution is -2.33. The molecule has 1 atom stereocenters. The summed E-state index contributed by atoms with van der Waals surface area (Å²) in [6, 6.07) is 6.57. The molecule has 0 radical (unpaired) electrons. The van der Waals surface area contributed by atoms with E-state index in [9.17, 15) is 13.2 Å². The molecule has 8 heteroatoms. The second-order valence-corrected chi connectivity index (χ2v) is 7.26. The highest BCUT2D eigenvalue weighted by Gasteiger charge is 2.34. The van der Waals surface area contributed by atoms with Crippen molar-refractivity contribution >= 4 is 27.3 Å². The zero-order chi connectivity index (χ0) is 15.6. The van der Waals surface area contributed by atoms with Gasteiger partial charge in [-0.15, -0.1) is 0 Å². The molecule has 1 aliphatic heterocycles. The highest BCUT2D eigenvalue weighted by Crippen LogP contribution is 2.23. The lowest BCUT2D eigenvalue weighted by atomic mass is 10.1. The van der Waals surface area contributed by atoms with Crippen molar-refractivity contribution in [1.29, 1.82) is 0 Å². The molecule has 1 aromatic carbocycles. The van der Waals surface area contributed by atoms with Crippen LogP contribution in [0.25, 0.3) is 0 Å². The molecule has 0 saturated carbocycles. The summed E-state index contributed by atoms with van der Waals surface area (Å²) in [4.78, 5) is 13.7. The molecule has 0 spiro atoms. The quantitative estimate of drug-likeness (QED) is 0.358. The number of rotatable bonds is 3. The molecule has 0 aliphatic carbocycles. The SMILES string of the molecule is CN(C(=O)C1CCS(=O)(=O)C1)c1ccc(C(N)=NO)cc1. The van der Waals surface area contributed by atoms with Crippen molar-refractivity contribution in [3.05, 3.63) is 29.8 Å². The Morgan fingerprint density at radius 3 is 2.48 bits per heavy atom. The Morgan fingerprint density at radius 1 is 1.38 bits per heavy atom. The second kappa shape index (κ2) is 5.72. The lowest BCUT2D eigenvalue weighted by molar-refractivity contribution is -0.121. The summed E-state index contributed by atoms with van der Waals surface area (Å²) in [6.45, 7) is 0. The molecule has 1 saturated heterocycles. The van der Waals surface area contributed by atoms with Crippen molar-refractivity contribution in [3.63, 3.8) is 0 Å². The normalized spacial score (nSPS) is 21.2. The number of sulfone groups is 1. The van der Waals surface area contributed by atoms with Crippen LogP contribution in [0, 0.1) is 5.92 Å². The summed E-state index contributed by atoms with van der Waals surface area (Å²) >= 11 is 0. The second-order valence-electron chi connectivity index (χ2n) is 5.03. The van der Waals surface area contributed by atoms with Gasteiger partial charge in [-0.1, -0.05) is 5.16 Å². The average molecular weight is 311 g/mol. The van der Waals surface area contributed by atoms with Gasteiger partial charge in [0.05, 0.1) is 17.4 Å². The summed E-state index contributed by atoms with van der Waals surface area (Å²) < 4.78 is 22.9. The first kappa shape index (κ1) is 15.3. The van der Waals surface area contributed by atoms with Crippen LogP contribution in [0.5, 0.6) is 0 Å². The van der Waals surface area contributed by atoms with Crippen LogP contribution < -0.4 is 10.6 Å². The molecule has 0 bridgehead atoms. The predicted octanol–water partition coefficient (Wildman–Crippen LogP) is 0.179. The number of amides is 1. The van der Waals surface area contributed by atoms with Crippen LogP contribution in [0.15, 0.2) is 29.4 Å². The number of hydrogen-bond acceptors (Lipinski definition) is 5. The van der Waals surface area contributed by atoms with E-state index in [2.05, 4.69) is 5.16 Å². The number of amidine groups is 1. The highest BCUT2D eigenvalue weighted by atomic mass is 32.2. The first-order valence-corrected chi connectivity index (χ1v) is 8.22. The first-order chi connectivity index (χ1) is 9.84. The molecular formula is C13H17N3O4S. The molecule has 1 unspecified atom stereocenters. The number of nitrogens with two attached hydrogens (primary N) is 1. The fraction of sp³-hybridized carbons (Fsp3) is 0.385. The Morgan fingerprint density at radius 2 is 2.00 bits per heavy atom. The maximum absolute atomic E-state index is 12.3. The Hall–Kier alpha value is -2.09. The van der Waals surface area contributed by atoms with E-state index in [1.165, 1.54) is 4.90 Å². The van der Waals surface area contributed by atoms with Gasteiger partial charge in [0, 0.05) is 18.3 Å². The minimum Gasteiger partial charge on any atom is -0.409 e. The van der Waals surface area contributed by atoms with Crippen LogP contribution in [0.1, 0.15) is 12.0 Å². The summed E-state index contributed by atoms with van der Waals surface area (Å²) in [5.74, 6) is -0.730. The Bertz CT molecular complexity index is 667. The molecule has 21 heavy (non-hydrogen) atoms. The van der Waals surface area contributed by atoms with Crippen molar-refractivity contribution in [1.82, 2.24) is 0 Å². The van der Waals surface area contributed by atoms with E-state index in [4.69, 9.17) is 10.9 Å². The predicted molar refractivity (Wildman–Crippen MR) is 79.1 cm³/mol. The summed E-state index contributed by atoms with van der Waals surface area (Å²) in [7, 11) is -1.48. The van der Waals surface area contributed by atoms with E-state index >= 15 is 0 Å². The van der Waals surface area contributed by atoms with Gasteiger partial charge in [-0.25, -0.2) is 8.42 Å². The fourth-order valence-electron chi connectivity index (χ4n) is 2.30. The number of oxime groups is 1. The highest BCUT2D eigenvalue weighted by molar-refractivity contribution is 7.91. The van der Waals surface area contributed by atoms with E-state index in [0.717, 1.165) is 0 Å². The summed E-state index contributed by atoms with van der Waals surface area (Å²) in [5.41, 5.74) is 6.62. The van der Waals surface area contributed by atoms with Crippen LogP contribution in [-0.4, -0.2) is 43.9 Å². The fourth-order valence-corrected chi connectivity index (χ4v) is 4.04. The molecule has 2 rings (SSSR count). The molecule has 1 aliphatic rings. The van der Waals surface area contributed by atoms with E-state index in [1.807, 2.05) is 0 Å². The van der Waals surface area contributed by atoms with Gasteiger partial charge < -0.3 is 15.8 Å². The molecular weight excluding hydrogens is 294 g/mol. The van der Waals surface area contributed by atoms with Gasteiger partial charge in [-0.05, 0) is 30.7 Å². The van der Waals surface area contributed by atoms with E-state index in [-0.39, 0.29) is 23.2 Å². The van der Waals surface area contributed by atoms with Gasteiger partial charge >= 0.3 is 0 Å². The molecule has 0 aromatic heterocycles. The van der Waals surface area contributed by atoms with Crippen molar-refractivity contribution in [3.8, 4) is 0 Å². The van der Waals surface area contributed by atoms with Gasteiger partial charge in [0.1, 0.15) is 0 Å².